The van der Waals surface area contributed by atoms with Crippen LogP contribution in [0.15, 0.2) is 0 Å². The van der Waals surface area contributed by atoms with Crippen LogP contribution in [0.25, 0.3) is 0 Å². The van der Waals surface area contributed by atoms with Gasteiger partial charge in [-0.05, 0) is 31.1 Å². The van der Waals surface area contributed by atoms with Crippen LogP contribution in [-0.4, -0.2) is 32.0 Å². The molecule has 2 bridgehead atoms. The lowest BCUT2D eigenvalue weighted by molar-refractivity contribution is -0.204. The van der Waals surface area contributed by atoms with E-state index < -0.39 is 52.1 Å². The second-order valence-electron chi connectivity index (χ2n) is 5.36. The van der Waals surface area contributed by atoms with E-state index in [1.54, 1.807) is 0 Å². The first-order valence-electron chi connectivity index (χ1n) is 6.09. The molecule has 9 heteroatoms. The Morgan fingerprint density at radius 2 is 1.80 bits per heavy atom. The topological polar surface area (TPSA) is 66.4 Å². The van der Waals surface area contributed by atoms with E-state index in [2.05, 4.69) is 0 Å². The van der Waals surface area contributed by atoms with Gasteiger partial charge in [-0.25, -0.2) is 0 Å². The van der Waals surface area contributed by atoms with E-state index in [9.17, 15) is 31.1 Å². The zero-order valence-corrected chi connectivity index (χ0v) is 11.3. The molecular formula is C11H13F4O4S-. The summed E-state index contributed by atoms with van der Waals surface area (Å²) in [6, 6.07) is 0. The lowest BCUT2D eigenvalue weighted by Crippen LogP contribution is -2.51. The average Bonchev–Trinajstić information content (AvgIpc) is 2.86. The standard InChI is InChI=1S/C11H14F4O4S/c1-5(16)19-9-4-6-2-7(9)3-8(6)10(12,13)11(14,15)20(17)18/h6-9H,2-4H2,1H3,(H,17,18)/p-1. The first-order chi connectivity index (χ1) is 9.07. The SMILES string of the molecule is CC(=O)OC1CC2CC1CC2C(F)(F)C(F)(F)S(=O)[O-]. The van der Waals surface area contributed by atoms with Crippen molar-refractivity contribution in [3.05, 3.63) is 0 Å². The van der Waals surface area contributed by atoms with Gasteiger partial charge in [0.25, 0.3) is 0 Å². The molecule has 5 atom stereocenters. The first-order valence-corrected chi connectivity index (χ1v) is 7.17. The molecule has 5 unspecified atom stereocenters. The average molecular weight is 317 g/mol. The Morgan fingerprint density at radius 1 is 1.20 bits per heavy atom. The second kappa shape index (κ2) is 4.94. The summed E-state index contributed by atoms with van der Waals surface area (Å²) in [5.41, 5.74) is 0. The van der Waals surface area contributed by atoms with Crippen LogP contribution in [0.5, 0.6) is 0 Å². The number of hydrogen-bond acceptors (Lipinski definition) is 4. The van der Waals surface area contributed by atoms with E-state index in [0.29, 0.717) is 0 Å². The lowest BCUT2D eigenvalue weighted by atomic mass is 9.82. The molecule has 2 rings (SSSR count). The monoisotopic (exact) mass is 317 g/mol. The van der Waals surface area contributed by atoms with Crippen molar-refractivity contribution in [3.63, 3.8) is 0 Å². The van der Waals surface area contributed by atoms with Crippen molar-refractivity contribution in [2.24, 2.45) is 17.8 Å². The lowest BCUT2D eigenvalue weighted by Gasteiger charge is -2.37. The van der Waals surface area contributed by atoms with Crippen molar-refractivity contribution in [2.75, 3.05) is 0 Å². The predicted octanol–water partition coefficient (Wildman–Crippen LogP) is 2.07. The van der Waals surface area contributed by atoms with Gasteiger partial charge in [-0.15, -0.1) is 0 Å². The highest BCUT2D eigenvalue weighted by Gasteiger charge is 2.67. The van der Waals surface area contributed by atoms with Crippen molar-refractivity contribution in [3.8, 4) is 0 Å². The molecule has 0 aromatic rings. The number of halogens is 4. The molecule has 0 aromatic carbocycles. The second-order valence-corrected chi connectivity index (χ2v) is 6.34. The largest absolute Gasteiger partial charge is 0.768 e. The Bertz CT molecular complexity index is 442. The van der Waals surface area contributed by atoms with Crippen LogP contribution < -0.4 is 0 Å². The maximum absolute atomic E-state index is 13.8. The zero-order valence-electron chi connectivity index (χ0n) is 10.5. The molecule has 0 aromatic heterocycles. The molecular weight excluding hydrogens is 304 g/mol. The fourth-order valence-electron chi connectivity index (χ4n) is 3.35. The Kier molecular flexibility index (Phi) is 3.87. The number of alkyl halides is 4. The molecule has 20 heavy (non-hydrogen) atoms. The van der Waals surface area contributed by atoms with E-state index in [4.69, 9.17) is 4.74 Å². The van der Waals surface area contributed by atoms with Gasteiger partial charge in [-0.3, -0.25) is 9.00 Å². The minimum atomic E-state index is -5.08. The molecule has 2 fully saturated rings. The Balaban J connectivity index is 2.12. The summed E-state index contributed by atoms with van der Waals surface area (Å²) in [5, 5.41) is -5.08. The zero-order chi connectivity index (χ0) is 15.3. The van der Waals surface area contributed by atoms with Crippen molar-refractivity contribution in [1.82, 2.24) is 0 Å². The summed E-state index contributed by atoms with van der Waals surface area (Å²) in [5.74, 6) is -8.02. The highest BCUT2D eigenvalue weighted by molar-refractivity contribution is 7.80. The van der Waals surface area contributed by atoms with Gasteiger partial charge in [-0.1, -0.05) is 0 Å². The summed E-state index contributed by atoms with van der Waals surface area (Å²) in [6.07, 6.45) is -0.468. The van der Waals surface area contributed by atoms with Gasteiger partial charge in [0.1, 0.15) is 6.10 Å². The highest BCUT2D eigenvalue weighted by atomic mass is 32.2. The summed E-state index contributed by atoms with van der Waals surface area (Å²) in [4.78, 5) is 10.8. The Morgan fingerprint density at radius 3 is 2.20 bits per heavy atom. The summed E-state index contributed by atoms with van der Waals surface area (Å²) < 4.78 is 79.5. The molecule has 116 valence electrons. The van der Waals surface area contributed by atoms with Crippen molar-refractivity contribution >= 4 is 17.0 Å². The maximum atomic E-state index is 13.8. The normalized spacial score (nSPS) is 35.1. The van der Waals surface area contributed by atoms with Crippen LogP contribution in [-0.2, 0) is 20.6 Å². The van der Waals surface area contributed by atoms with Crippen LogP contribution in [0, 0.1) is 17.8 Å². The van der Waals surface area contributed by atoms with Crippen LogP contribution >= 0.6 is 0 Å². The molecule has 2 saturated carbocycles. The molecule has 0 spiro atoms. The van der Waals surface area contributed by atoms with Crippen molar-refractivity contribution in [1.29, 1.82) is 0 Å². The summed E-state index contributed by atoms with van der Waals surface area (Å²) in [7, 11) is 0. The molecule has 4 nitrogen and oxygen atoms in total. The van der Waals surface area contributed by atoms with E-state index in [0.717, 1.165) is 0 Å². The number of hydrogen-bond donors (Lipinski definition) is 0. The minimum Gasteiger partial charge on any atom is -0.768 e. The fourth-order valence-corrected chi connectivity index (χ4v) is 3.72. The van der Waals surface area contributed by atoms with E-state index >= 15 is 0 Å². The molecule has 0 heterocycles. The van der Waals surface area contributed by atoms with E-state index in [1.807, 2.05) is 0 Å². The summed E-state index contributed by atoms with van der Waals surface area (Å²) in [6.45, 7) is 1.19. The smallest absolute Gasteiger partial charge is 0.371 e. The van der Waals surface area contributed by atoms with Gasteiger partial charge in [0.15, 0.2) is 0 Å². The fraction of sp³-hybridized carbons (Fsp3) is 0.909. The van der Waals surface area contributed by atoms with Crippen LogP contribution in [0.1, 0.15) is 26.2 Å². The van der Waals surface area contributed by atoms with Gasteiger partial charge < -0.3 is 9.29 Å². The third-order valence-electron chi connectivity index (χ3n) is 4.17. The molecule has 0 radical (unpaired) electrons. The third kappa shape index (κ3) is 2.34. The molecule has 0 aliphatic heterocycles. The van der Waals surface area contributed by atoms with Crippen LogP contribution in [0.4, 0.5) is 17.6 Å². The van der Waals surface area contributed by atoms with Gasteiger partial charge in [0, 0.05) is 23.9 Å². The van der Waals surface area contributed by atoms with E-state index in [1.165, 1.54) is 6.92 Å². The number of carbonyl (C=O) groups excluding carboxylic acids is 1. The van der Waals surface area contributed by atoms with Gasteiger partial charge in [-0.2, -0.15) is 17.6 Å². The Hall–Kier alpha value is -0.700. The van der Waals surface area contributed by atoms with Crippen molar-refractivity contribution < 1.29 is 35.9 Å². The number of carbonyl (C=O) groups is 1. The van der Waals surface area contributed by atoms with Gasteiger partial charge >= 0.3 is 17.1 Å². The minimum absolute atomic E-state index is 0.0755. The molecule has 2 aliphatic carbocycles. The number of rotatable bonds is 4. The quantitative estimate of drug-likeness (QED) is 0.452. The van der Waals surface area contributed by atoms with Gasteiger partial charge in [0.05, 0.1) is 0 Å². The number of ether oxygens (including phenoxy) is 1. The Labute approximate surface area is 115 Å². The van der Waals surface area contributed by atoms with Crippen LogP contribution in [0.3, 0.4) is 0 Å². The van der Waals surface area contributed by atoms with Crippen molar-refractivity contribution in [2.45, 2.75) is 43.5 Å². The van der Waals surface area contributed by atoms with E-state index in [-0.39, 0.29) is 19.3 Å². The molecule has 0 amide bonds. The van der Waals surface area contributed by atoms with Gasteiger partial charge in [0.2, 0.25) is 0 Å². The number of fused-ring (bicyclic) bond motifs is 2. The third-order valence-corrected chi connectivity index (χ3v) is 4.86. The molecule has 2 aliphatic rings. The van der Waals surface area contributed by atoms with Crippen LogP contribution in [0.2, 0.25) is 0 Å². The molecule has 0 saturated heterocycles. The predicted molar refractivity (Wildman–Crippen MR) is 58.7 cm³/mol. The first kappa shape index (κ1) is 15.7. The maximum Gasteiger partial charge on any atom is 0.371 e. The number of esters is 1. The summed E-state index contributed by atoms with van der Waals surface area (Å²) >= 11 is -4.18. The molecule has 0 N–H and O–H groups in total. The highest BCUT2D eigenvalue weighted by Crippen LogP contribution is 2.58.